The van der Waals surface area contributed by atoms with Gasteiger partial charge in [-0.05, 0) is 64.7 Å². The van der Waals surface area contributed by atoms with Crippen LogP contribution >= 0.6 is 0 Å². The molecule has 19 heavy (non-hydrogen) atoms. The molecule has 0 amide bonds. The molecule has 1 rings (SSSR count). The van der Waals surface area contributed by atoms with E-state index in [2.05, 4.69) is 44.4 Å². The van der Waals surface area contributed by atoms with Gasteiger partial charge in [0, 0.05) is 18.6 Å². The number of hydrogen-bond acceptors (Lipinski definition) is 3. The van der Waals surface area contributed by atoms with E-state index in [1.807, 2.05) is 0 Å². The van der Waals surface area contributed by atoms with Crippen molar-refractivity contribution in [3.8, 4) is 0 Å². The lowest BCUT2D eigenvalue weighted by Crippen LogP contribution is -2.50. The van der Waals surface area contributed by atoms with Gasteiger partial charge >= 0.3 is 0 Å². The number of nitrogens with zero attached hydrogens (tertiary/aromatic N) is 2. The summed E-state index contributed by atoms with van der Waals surface area (Å²) in [7, 11) is 0. The molecule has 114 valence electrons. The lowest BCUT2D eigenvalue weighted by atomic mass is 9.91. The van der Waals surface area contributed by atoms with Gasteiger partial charge in [-0.15, -0.1) is 0 Å². The van der Waals surface area contributed by atoms with Crippen LogP contribution in [0.25, 0.3) is 0 Å². The van der Waals surface area contributed by atoms with Crippen LogP contribution in [0.2, 0.25) is 0 Å². The highest BCUT2D eigenvalue weighted by Gasteiger charge is 2.28. The summed E-state index contributed by atoms with van der Waals surface area (Å²) in [6, 6.07) is 1.46. The quantitative estimate of drug-likeness (QED) is 0.771. The van der Waals surface area contributed by atoms with Crippen LogP contribution in [0.15, 0.2) is 0 Å². The Balaban J connectivity index is 2.53. The first-order chi connectivity index (χ1) is 8.89. The molecule has 0 aromatic carbocycles. The molecule has 2 N–H and O–H groups in total. The minimum atomic E-state index is 0.240. The Morgan fingerprint density at radius 3 is 2.26 bits per heavy atom. The molecule has 1 aliphatic heterocycles. The zero-order valence-electron chi connectivity index (χ0n) is 13.8. The van der Waals surface area contributed by atoms with E-state index >= 15 is 0 Å². The first kappa shape index (κ1) is 16.9. The fraction of sp³-hybridized carbons (Fsp3) is 1.00. The molecule has 0 spiro atoms. The third kappa shape index (κ3) is 5.41. The molecule has 0 saturated carbocycles. The van der Waals surface area contributed by atoms with Crippen molar-refractivity contribution < 1.29 is 0 Å². The van der Waals surface area contributed by atoms with Gasteiger partial charge in [0.05, 0.1) is 0 Å². The van der Waals surface area contributed by atoms with Crippen LogP contribution < -0.4 is 5.73 Å². The summed E-state index contributed by atoms with van der Waals surface area (Å²) in [5, 5.41) is 0. The summed E-state index contributed by atoms with van der Waals surface area (Å²) < 4.78 is 0. The monoisotopic (exact) mass is 269 g/mol. The van der Waals surface area contributed by atoms with Gasteiger partial charge in [0.25, 0.3) is 0 Å². The lowest BCUT2D eigenvalue weighted by molar-refractivity contribution is 0.0675. The van der Waals surface area contributed by atoms with Gasteiger partial charge in [0.2, 0.25) is 0 Å². The van der Waals surface area contributed by atoms with E-state index in [9.17, 15) is 0 Å². The number of rotatable bonds is 7. The first-order valence-corrected chi connectivity index (χ1v) is 8.07. The Labute approximate surface area is 120 Å². The highest BCUT2D eigenvalue weighted by molar-refractivity contribution is 4.84. The van der Waals surface area contributed by atoms with Gasteiger partial charge in [0.1, 0.15) is 0 Å². The predicted octanol–water partition coefficient (Wildman–Crippen LogP) is 2.56. The maximum absolute atomic E-state index is 5.91. The Morgan fingerprint density at radius 1 is 1.26 bits per heavy atom. The minimum absolute atomic E-state index is 0.240. The van der Waals surface area contributed by atoms with Gasteiger partial charge in [-0.3, -0.25) is 4.90 Å². The largest absolute Gasteiger partial charge is 0.330 e. The fourth-order valence-corrected chi connectivity index (χ4v) is 3.06. The summed E-state index contributed by atoms with van der Waals surface area (Å²) >= 11 is 0. The third-order valence-corrected chi connectivity index (χ3v) is 4.44. The van der Waals surface area contributed by atoms with E-state index in [-0.39, 0.29) is 5.41 Å². The number of likely N-dealkylation sites (tertiary alicyclic amines) is 1. The van der Waals surface area contributed by atoms with E-state index in [0.717, 1.165) is 19.1 Å². The van der Waals surface area contributed by atoms with Gasteiger partial charge < -0.3 is 10.6 Å². The van der Waals surface area contributed by atoms with Gasteiger partial charge in [-0.25, -0.2) is 0 Å². The lowest BCUT2D eigenvalue weighted by Gasteiger charge is -2.42. The van der Waals surface area contributed by atoms with Crippen LogP contribution in [0.3, 0.4) is 0 Å². The average molecular weight is 269 g/mol. The molecule has 0 aromatic rings. The molecule has 1 saturated heterocycles. The number of hydrogen-bond donors (Lipinski definition) is 1. The summed E-state index contributed by atoms with van der Waals surface area (Å²) in [6.07, 6.45) is 3.88. The Bertz CT molecular complexity index is 242. The molecule has 1 fully saturated rings. The second-order valence-electron chi connectivity index (χ2n) is 7.20. The SMILES string of the molecule is CCCN(CC(C)(C)CN)C1CCN(C(C)C)CC1. The van der Waals surface area contributed by atoms with Crippen LogP contribution in [0.5, 0.6) is 0 Å². The molecule has 0 unspecified atom stereocenters. The van der Waals surface area contributed by atoms with Crippen molar-refractivity contribution in [2.75, 3.05) is 32.7 Å². The van der Waals surface area contributed by atoms with Gasteiger partial charge in [-0.1, -0.05) is 20.8 Å². The molecular weight excluding hydrogens is 234 g/mol. The van der Waals surface area contributed by atoms with Crippen molar-refractivity contribution in [1.29, 1.82) is 0 Å². The number of piperidine rings is 1. The topological polar surface area (TPSA) is 32.5 Å². The maximum atomic E-state index is 5.91. The minimum Gasteiger partial charge on any atom is -0.330 e. The zero-order chi connectivity index (χ0) is 14.5. The van der Waals surface area contributed by atoms with E-state index in [1.165, 1.54) is 38.9 Å². The highest BCUT2D eigenvalue weighted by atomic mass is 15.2. The second-order valence-corrected chi connectivity index (χ2v) is 7.20. The molecular formula is C16H35N3. The van der Waals surface area contributed by atoms with Crippen molar-refractivity contribution >= 4 is 0 Å². The van der Waals surface area contributed by atoms with Crippen molar-refractivity contribution in [2.24, 2.45) is 11.1 Å². The summed E-state index contributed by atoms with van der Waals surface area (Å²) in [4.78, 5) is 5.30. The van der Waals surface area contributed by atoms with Gasteiger partial charge in [-0.2, -0.15) is 0 Å². The molecule has 3 nitrogen and oxygen atoms in total. The van der Waals surface area contributed by atoms with E-state index < -0.39 is 0 Å². The molecule has 3 heteroatoms. The zero-order valence-corrected chi connectivity index (χ0v) is 13.8. The van der Waals surface area contributed by atoms with Crippen LogP contribution in [0.1, 0.15) is 53.9 Å². The molecule has 0 bridgehead atoms. The summed E-state index contributed by atoms with van der Waals surface area (Å²) in [5.74, 6) is 0. The van der Waals surface area contributed by atoms with E-state index in [1.54, 1.807) is 0 Å². The third-order valence-electron chi connectivity index (χ3n) is 4.44. The van der Waals surface area contributed by atoms with E-state index in [4.69, 9.17) is 5.73 Å². The second kappa shape index (κ2) is 7.61. The maximum Gasteiger partial charge on any atom is 0.0120 e. The fourth-order valence-electron chi connectivity index (χ4n) is 3.06. The standard InChI is InChI=1S/C16H35N3/c1-6-9-19(13-16(4,5)12-17)15-7-10-18(11-8-15)14(2)3/h14-15H,6-13,17H2,1-5H3. The highest BCUT2D eigenvalue weighted by Crippen LogP contribution is 2.23. The summed E-state index contributed by atoms with van der Waals surface area (Å²) in [6.45, 7) is 17.1. The average Bonchev–Trinajstić information content (AvgIpc) is 2.38. The van der Waals surface area contributed by atoms with Crippen LogP contribution in [-0.4, -0.2) is 54.6 Å². The Hall–Kier alpha value is -0.120. The van der Waals surface area contributed by atoms with Crippen LogP contribution in [-0.2, 0) is 0 Å². The molecule has 1 aliphatic rings. The molecule has 0 aliphatic carbocycles. The van der Waals surface area contributed by atoms with E-state index in [0.29, 0.717) is 6.04 Å². The van der Waals surface area contributed by atoms with Crippen LogP contribution in [0, 0.1) is 5.41 Å². The molecule has 0 aromatic heterocycles. The van der Waals surface area contributed by atoms with Crippen molar-refractivity contribution in [1.82, 2.24) is 9.80 Å². The Kier molecular flexibility index (Phi) is 6.78. The molecule has 0 radical (unpaired) electrons. The van der Waals surface area contributed by atoms with Crippen molar-refractivity contribution in [3.05, 3.63) is 0 Å². The molecule has 0 atom stereocenters. The van der Waals surface area contributed by atoms with Gasteiger partial charge in [0.15, 0.2) is 0 Å². The number of nitrogens with two attached hydrogens (primary N) is 1. The normalized spacial score (nSPS) is 19.6. The van der Waals surface area contributed by atoms with Crippen molar-refractivity contribution in [3.63, 3.8) is 0 Å². The first-order valence-electron chi connectivity index (χ1n) is 8.07. The smallest absolute Gasteiger partial charge is 0.0120 e. The Morgan fingerprint density at radius 2 is 1.84 bits per heavy atom. The predicted molar refractivity (Wildman–Crippen MR) is 84.4 cm³/mol. The molecule has 1 heterocycles. The summed E-state index contributed by atoms with van der Waals surface area (Å²) in [5.41, 5.74) is 6.15. The van der Waals surface area contributed by atoms with Crippen LogP contribution in [0.4, 0.5) is 0 Å². The van der Waals surface area contributed by atoms with Crippen molar-refractivity contribution in [2.45, 2.75) is 66.0 Å².